The Labute approximate surface area is 406 Å². The van der Waals surface area contributed by atoms with Crippen molar-refractivity contribution >= 4 is 79.8 Å². The zero-order valence-corrected chi connectivity index (χ0v) is 40.1. The molecular formula is C64H54BN3O. The molecule has 0 fully saturated rings. The second kappa shape index (κ2) is 16.3. The smallest absolute Gasteiger partial charge is 0.297 e. The zero-order chi connectivity index (χ0) is 47.0. The predicted molar refractivity (Wildman–Crippen MR) is 294 cm³/mol. The molecule has 69 heavy (non-hydrogen) atoms. The Balaban J connectivity index is 1.16. The van der Waals surface area contributed by atoms with E-state index < -0.39 is 0 Å². The number of benzene rings is 9. The van der Waals surface area contributed by atoms with E-state index >= 15 is 0 Å². The van der Waals surface area contributed by atoms with Crippen molar-refractivity contribution in [2.45, 2.75) is 52.4 Å². The van der Waals surface area contributed by atoms with Crippen molar-refractivity contribution < 1.29 is 4.42 Å². The van der Waals surface area contributed by atoms with Gasteiger partial charge in [-0.1, -0.05) is 193 Å². The molecule has 0 spiro atoms. The molecule has 0 bridgehead atoms. The van der Waals surface area contributed by atoms with Crippen LogP contribution in [0.15, 0.2) is 217 Å². The van der Waals surface area contributed by atoms with Crippen LogP contribution in [-0.4, -0.2) is 6.71 Å². The molecule has 12 rings (SSSR count). The van der Waals surface area contributed by atoms with Crippen molar-refractivity contribution in [1.29, 1.82) is 0 Å². The fourth-order valence-electron chi connectivity index (χ4n) is 10.6. The predicted octanol–water partition coefficient (Wildman–Crippen LogP) is 15.9. The van der Waals surface area contributed by atoms with Gasteiger partial charge in [0.15, 0.2) is 0 Å². The number of hydrogen-bond donors (Lipinski definition) is 1. The first kappa shape index (κ1) is 42.3. The van der Waals surface area contributed by atoms with E-state index in [-0.39, 0.29) is 17.5 Å². The lowest BCUT2D eigenvalue weighted by molar-refractivity contribution is 0.590. The minimum Gasteiger partial charge on any atom is -0.468 e. The van der Waals surface area contributed by atoms with Gasteiger partial charge in [-0.15, -0.1) is 0 Å². The summed E-state index contributed by atoms with van der Waals surface area (Å²) >= 11 is 0. The molecule has 1 aromatic heterocycles. The van der Waals surface area contributed by atoms with E-state index in [2.05, 4.69) is 269 Å². The van der Waals surface area contributed by atoms with Crippen LogP contribution in [0, 0.1) is 0 Å². The lowest BCUT2D eigenvalue weighted by atomic mass is 9.35. The summed E-state index contributed by atoms with van der Waals surface area (Å²) in [6.45, 7) is 13.5. The number of nitrogens with one attached hydrogen (secondary N) is 1. The summed E-state index contributed by atoms with van der Waals surface area (Å²) in [5.41, 5.74) is 22.4. The van der Waals surface area contributed by atoms with Crippen LogP contribution < -0.4 is 31.7 Å². The summed E-state index contributed by atoms with van der Waals surface area (Å²) in [5.74, 6) is 0. The van der Waals surface area contributed by atoms with E-state index in [0.29, 0.717) is 0 Å². The Morgan fingerprint density at radius 3 is 1.72 bits per heavy atom. The van der Waals surface area contributed by atoms with Gasteiger partial charge < -0.3 is 19.5 Å². The summed E-state index contributed by atoms with van der Waals surface area (Å²) in [5, 5.41) is 5.13. The van der Waals surface area contributed by atoms with Crippen LogP contribution in [0.25, 0.3) is 44.3 Å². The largest absolute Gasteiger partial charge is 0.468 e. The Morgan fingerprint density at radius 2 is 1.04 bits per heavy atom. The second-order valence-corrected chi connectivity index (χ2v) is 20.7. The van der Waals surface area contributed by atoms with Gasteiger partial charge in [0, 0.05) is 45.0 Å². The summed E-state index contributed by atoms with van der Waals surface area (Å²) in [4.78, 5) is 4.97. The van der Waals surface area contributed by atoms with Gasteiger partial charge in [-0.3, -0.25) is 0 Å². The first-order valence-electron chi connectivity index (χ1n) is 24.2. The average molecular weight is 892 g/mol. The minimum absolute atomic E-state index is 0.00723. The number of hydrogen-bond acceptors (Lipinski definition) is 4. The molecule has 10 aromatic rings. The van der Waals surface area contributed by atoms with Crippen molar-refractivity contribution in [2.75, 3.05) is 15.1 Å². The van der Waals surface area contributed by atoms with Gasteiger partial charge in [0.1, 0.15) is 5.58 Å². The van der Waals surface area contributed by atoms with Crippen LogP contribution in [0.5, 0.6) is 0 Å². The lowest BCUT2D eigenvalue weighted by Gasteiger charge is -2.41. The molecule has 0 saturated carbocycles. The zero-order valence-electron chi connectivity index (χ0n) is 40.1. The van der Waals surface area contributed by atoms with Crippen LogP contribution in [0.4, 0.5) is 45.5 Å². The molecule has 0 amide bonds. The molecule has 9 aromatic carbocycles. The van der Waals surface area contributed by atoms with Gasteiger partial charge in [0.2, 0.25) is 0 Å². The molecule has 0 unspecified atom stereocenters. The first-order chi connectivity index (χ1) is 33.5. The quantitative estimate of drug-likeness (QED) is 0.162. The maximum absolute atomic E-state index is 7.14. The van der Waals surface area contributed by atoms with Gasteiger partial charge >= 0.3 is 0 Å². The van der Waals surface area contributed by atoms with Crippen molar-refractivity contribution in [3.8, 4) is 33.4 Å². The van der Waals surface area contributed by atoms with E-state index in [1.807, 2.05) is 0 Å². The van der Waals surface area contributed by atoms with Crippen molar-refractivity contribution in [2.24, 2.45) is 0 Å². The monoisotopic (exact) mass is 891 g/mol. The molecule has 0 saturated heterocycles. The highest BCUT2D eigenvalue weighted by atomic mass is 16.3. The maximum atomic E-state index is 7.14. The van der Waals surface area contributed by atoms with E-state index in [0.717, 1.165) is 95.5 Å². The van der Waals surface area contributed by atoms with E-state index in [1.54, 1.807) is 0 Å². The summed E-state index contributed by atoms with van der Waals surface area (Å²) < 4.78 is 7.14. The van der Waals surface area contributed by atoms with Crippen molar-refractivity contribution in [3.05, 3.63) is 223 Å². The topological polar surface area (TPSA) is 31.6 Å². The fraction of sp³-hybridized carbons (Fsp3) is 0.125. The second-order valence-electron chi connectivity index (χ2n) is 20.7. The molecule has 2 aliphatic rings. The van der Waals surface area contributed by atoms with Crippen LogP contribution in [0.1, 0.15) is 52.7 Å². The lowest BCUT2D eigenvalue weighted by Crippen LogP contribution is -2.59. The highest BCUT2D eigenvalue weighted by molar-refractivity contribution is 6.99. The summed E-state index contributed by atoms with van der Waals surface area (Å²) in [6.07, 6.45) is 0. The number of furan rings is 1. The van der Waals surface area contributed by atoms with Crippen LogP contribution in [-0.2, 0) is 10.8 Å². The Morgan fingerprint density at radius 1 is 0.464 bits per heavy atom. The molecule has 2 aliphatic heterocycles. The average Bonchev–Trinajstić information content (AvgIpc) is 3.74. The van der Waals surface area contributed by atoms with Gasteiger partial charge in [-0.05, 0) is 116 Å². The third kappa shape index (κ3) is 7.32. The van der Waals surface area contributed by atoms with Crippen LogP contribution >= 0.6 is 0 Å². The van der Waals surface area contributed by atoms with Gasteiger partial charge in [-0.25, -0.2) is 0 Å². The first-order valence-corrected chi connectivity index (χ1v) is 24.2. The molecule has 5 heteroatoms. The van der Waals surface area contributed by atoms with Crippen LogP contribution in [0.2, 0.25) is 0 Å². The number of nitrogens with zero attached hydrogens (tertiary/aromatic N) is 2. The normalized spacial score (nSPS) is 12.8. The molecule has 0 radical (unpaired) electrons. The van der Waals surface area contributed by atoms with Crippen molar-refractivity contribution in [1.82, 2.24) is 0 Å². The van der Waals surface area contributed by atoms with Crippen LogP contribution in [0.3, 0.4) is 0 Å². The van der Waals surface area contributed by atoms with Crippen molar-refractivity contribution in [3.63, 3.8) is 0 Å². The highest BCUT2D eigenvalue weighted by Crippen LogP contribution is 2.49. The molecular weight excluding hydrogens is 838 g/mol. The highest BCUT2D eigenvalue weighted by Gasteiger charge is 2.45. The molecule has 334 valence electrons. The van der Waals surface area contributed by atoms with Gasteiger partial charge in [-0.2, -0.15) is 0 Å². The summed E-state index contributed by atoms with van der Waals surface area (Å²) in [6, 6.07) is 77.8. The SMILES string of the molecule is CC(C)(C)c1ccc(N(c2ccc3c(c2)N(c2ccccc2-c2ccccc2)c2cc(-c4ccccc4)cc4c2B3c2oc3ccc(C(C)(C)C)cc3c2N4)c2ccccc2-c2ccccc2)cc1. The molecule has 3 heterocycles. The van der Waals surface area contributed by atoms with E-state index in [4.69, 9.17) is 4.42 Å². The molecule has 0 atom stereocenters. The van der Waals surface area contributed by atoms with E-state index in [9.17, 15) is 0 Å². The molecule has 1 N–H and O–H groups in total. The molecule has 0 aliphatic carbocycles. The molecule has 4 nitrogen and oxygen atoms in total. The summed E-state index contributed by atoms with van der Waals surface area (Å²) in [7, 11) is 0. The fourth-order valence-corrected chi connectivity index (χ4v) is 10.6. The Hall–Kier alpha value is -8.02. The minimum atomic E-state index is -0.193. The number of fused-ring (bicyclic) bond motifs is 6. The number of para-hydroxylation sites is 2. The van der Waals surface area contributed by atoms with Gasteiger partial charge in [0.05, 0.1) is 22.7 Å². The third-order valence-electron chi connectivity index (χ3n) is 14.2. The standard InChI is InChI=1S/C64H54BN3O/c1-63(2,3)46-30-33-48(34-31-46)67(55-28-18-16-26-50(55)43-22-12-8-13-23-43)49-35-36-53-57(41-49)68(56-29-19-17-27-51(56)44-24-14-9-15-25-44)58-39-45(42-20-10-7-11-21-42)38-54-60(58)65(53)62-61(66-54)52-40-47(64(4,5)6)32-37-59(52)69-62/h7-41,66H,1-6H3. The maximum Gasteiger partial charge on any atom is 0.297 e. The number of rotatable bonds is 7. The van der Waals surface area contributed by atoms with E-state index in [1.165, 1.54) is 22.1 Å². The number of anilines is 8. The Bertz CT molecular complexity index is 3550. The third-order valence-corrected chi connectivity index (χ3v) is 14.2. The van der Waals surface area contributed by atoms with Gasteiger partial charge in [0.25, 0.3) is 6.71 Å². The Kier molecular flexibility index (Phi) is 10.0.